The van der Waals surface area contributed by atoms with E-state index >= 15 is 0 Å². The molecule has 1 fully saturated rings. The number of rotatable bonds is 5. The van der Waals surface area contributed by atoms with E-state index in [4.69, 9.17) is 0 Å². The molecule has 0 spiro atoms. The molecule has 0 heterocycles. The van der Waals surface area contributed by atoms with Crippen molar-refractivity contribution >= 4 is 26.0 Å². The van der Waals surface area contributed by atoms with Crippen molar-refractivity contribution in [3.63, 3.8) is 0 Å². The van der Waals surface area contributed by atoms with Gasteiger partial charge in [0.2, 0.25) is 10.0 Å². The van der Waals surface area contributed by atoms with E-state index in [0.29, 0.717) is 21.8 Å². The topological polar surface area (TPSA) is 46.2 Å². The summed E-state index contributed by atoms with van der Waals surface area (Å²) in [4.78, 5) is 0.321. The predicted molar refractivity (Wildman–Crippen MR) is 76.0 cm³/mol. The second-order valence-electron chi connectivity index (χ2n) is 4.92. The SMILES string of the molecule is Cc1ccc(S(=O)(=O)NCCC2CCC2)c(Br)c1. The van der Waals surface area contributed by atoms with Gasteiger partial charge in [-0.25, -0.2) is 13.1 Å². The molecule has 1 aliphatic rings. The number of benzene rings is 1. The van der Waals surface area contributed by atoms with Crippen molar-refractivity contribution in [1.82, 2.24) is 4.72 Å². The molecule has 18 heavy (non-hydrogen) atoms. The summed E-state index contributed by atoms with van der Waals surface area (Å²) in [6, 6.07) is 5.27. The van der Waals surface area contributed by atoms with Crippen molar-refractivity contribution in [1.29, 1.82) is 0 Å². The van der Waals surface area contributed by atoms with Crippen LogP contribution in [0.25, 0.3) is 0 Å². The molecule has 0 radical (unpaired) electrons. The molecule has 0 saturated heterocycles. The van der Waals surface area contributed by atoms with E-state index in [1.165, 1.54) is 19.3 Å². The fraction of sp³-hybridized carbons (Fsp3) is 0.538. The van der Waals surface area contributed by atoms with Gasteiger partial charge < -0.3 is 0 Å². The van der Waals surface area contributed by atoms with Crippen LogP contribution in [0.1, 0.15) is 31.2 Å². The summed E-state index contributed by atoms with van der Waals surface area (Å²) in [6.45, 7) is 2.47. The Morgan fingerprint density at radius 2 is 2.11 bits per heavy atom. The van der Waals surface area contributed by atoms with Crippen LogP contribution in [0.15, 0.2) is 27.6 Å². The monoisotopic (exact) mass is 331 g/mol. The zero-order valence-electron chi connectivity index (χ0n) is 10.4. The fourth-order valence-electron chi connectivity index (χ4n) is 2.08. The van der Waals surface area contributed by atoms with E-state index in [2.05, 4.69) is 20.7 Å². The molecule has 0 amide bonds. The molecule has 1 saturated carbocycles. The Kier molecular flexibility index (Phi) is 4.45. The minimum absolute atomic E-state index is 0.321. The van der Waals surface area contributed by atoms with Crippen LogP contribution in [0.4, 0.5) is 0 Å². The largest absolute Gasteiger partial charge is 0.241 e. The van der Waals surface area contributed by atoms with Gasteiger partial charge in [0.15, 0.2) is 0 Å². The van der Waals surface area contributed by atoms with Crippen molar-refractivity contribution in [3.05, 3.63) is 28.2 Å². The molecule has 0 bridgehead atoms. The van der Waals surface area contributed by atoms with Crippen LogP contribution in [0, 0.1) is 12.8 Å². The molecular weight excluding hydrogens is 314 g/mol. The van der Waals surface area contributed by atoms with Crippen LogP contribution in [0.3, 0.4) is 0 Å². The maximum Gasteiger partial charge on any atom is 0.241 e. The molecule has 100 valence electrons. The van der Waals surface area contributed by atoms with Crippen LogP contribution >= 0.6 is 15.9 Å². The molecule has 0 aliphatic heterocycles. The van der Waals surface area contributed by atoms with Gasteiger partial charge in [0.25, 0.3) is 0 Å². The molecule has 0 atom stereocenters. The molecule has 1 aliphatic carbocycles. The highest BCUT2D eigenvalue weighted by molar-refractivity contribution is 9.10. The van der Waals surface area contributed by atoms with E-state index in [-0.39, 0.29) is 0 Å². The number of hydrogen-bond donors (Lipinski definition) is 1. The van der Waals surface area contributed by atoms with Crippen LogP contribution in [-0.4, -0.2) is 15.0 Å². The minimum Gasteiger partial charge on any atom is -0.211 e. The lowest BCUT2D eigenvalue weighted by molar-refractivity contribution is 0.297. The van der Waals surface area contributed by atoms with Crippen molar-refractivity contribution in [2.75, 3.05) is 6.54 Å². The first-order valence-electron chi connectivity index (χ1n) is 6.25. The summed E-state index contributed by atoms with van der Waals surface area (Å²) < 4.78 is 27.5. The summed E-state index contributed by atoms with van der Waals surface area (Å²) in [7, 11) is -3.38. The summed E-state index contributed by atoms with van der Waals surface area (Å²) >= 11 is 3.31. The van der Waals surface area contributed by atoms with Gasteiger partial charge in [-0.3, -0.25) is 0 Å². The summed E-state index contributed by atoms with van der Waals surface area (Å²) in [6.07, 6.45) is 4.73. The van der Waals surface area contributed by atoms with Gasteiger partial charge in [-0.15, -0.1) is 0 Å². The number of sulfonamides is 1. The second-order valence-corrected chi connectivity index (χ2v) is 7.51. The maximum atomic E-state index is 12.1. The third-order valence-corrected chi connectivity index (χ3v) is 5.88. The van der Waals surface area contributed by atoms with Crippen molar-refractivity contribution in [2.24, 2.45) is 5.92 Å². The Bertz CT molecular complexity index is 524. The highest BCUT2D eigenvalue weighted by atomic mass is 79.9. The third kappa shape index (κ3) is 3.33. The zero-order valence-corrected chi connectivity index (χ0v) is 12.9. The molecule has 1 aromatic carbocycles. The van der Waals surface area contributed by atoms with Gasteiger partial charge in [-0.05, 0) is 52.9 Å². The van der Waals surface area contributed by atoms with E-state index in [9.17, 15) is 8.42 Å². The minimum atomic E-state index is -3.38. The molecule has 3 nitrogen and oxygen atoms in total. The molecule has 0 aromatic heterocycles. The Morgan fingerprint density at radius 3 is 2.67 bits per heavy atom. The Hall–Kier alpha value is -0.390. The standard InChI is InChI=1S/C13H18BrNO2S/c1-10-5-6-13(12(14)9-10)18(16,17)15-8-7-11-3-2-4-11/h5-6,9,11,15H,2-4,7-8H2,1H3. The lowest BCUT2D eigenvalue weighted by Crippen LogP contribution is -2.27. The van der Waals surface area contributed by atoms with Crippen LogP contribution < -0.4 is 4.72 Å². The average Bonchev–Trinajstić information content (AvgIpc) is 2.21. The van der Waals surface area contributed by atoms with Crippen molar-refractivity contribution in [3.8, 4) is 0 Å². The quantitative estimate of drug-likeness (QED) is 0.900. The molecule has 2 rings (SSSR count). The Labute approximate surface area is 117 Å². The van der Waals surface area contributed by atoms with E-state index in [0.717, 1.165) is 12.0 Å². The van der Waals surface area contributed by atoms with E-state index < -0.39 is 10.0 Å². The van der Waals surface area contributed by atoms with Crippen LogP contribution in [0.2, 0.25) is 0 Å². The number of halogens is 1. The first-order chi connectivity index (χ1) is 8.49. The van der Waals surface area contributed by atoms with Crippen molar-refractivity contribution < 1.29 is 8.42 Å². The van der Waals surface area contributed by atoms with Crippen molar-refractivity contribution in [2.45, 2.75) is 37.5 Å². The molecule has 0 unspecified atom stereocenters. The first-order valence-corrected chi connectivity index (χ1v) is 8.52. The fourth-order valence-corrected chi connectivity index (χ4v) is 4.32. The summed E-state index contributed by atoms with van der Waals surface area (Å²) in [5, 5.41) is 0. The van der Waals surface area contributed by atoms with Gasteiger partial charge >= 0.3 is 0 Å². The van der Waals surface area contributed by atoms with Crippen LogP contribution in [-0.2, 0) is 10.0 Å². The highest BCUT2D eigenvalue weighted by Crippen LogP contribution is 2.29. The molecule has 5 heteroatoms. The number of aryl methyl sites for hydroxylation is 1. The average molecular weight is 332 g/mol. The lowest BCUT2D eigenvalue weighted by Gasteiger charge is -2.25. The second kappa shape index (κ2) is 5.72. The third-order valence-electron chi connectivity index (χ3n) is 3.45. The molecular formula is C13H18BrNO2S. The maximum absolute atomic E-state index is 12.1. The zero-order chi connectivity index (χ0) is 13.2. The van der Waals surface area contributed by atoms with E-state index in [1.807, 2.05) is 19.1 Å². The predicted octanol–water partition coefficient (Wildman–Crippen LogP) is 3.23. The van der Waals surface area contributed by atoms with Gasteiger partial charge in [0.05, 0.1) is 4.90 Å². The summed E-state index contributed by atoms with van der Waals surface area (Å²) in [5.41, 5.74) is 1.04. The molecule has 1 N–H and O–H groups in total. The van der Waals surface area contributed by atoms with Gasteiger partial charge in [-0.1, -0.05) is 25.3 Å². The number of hydrogen-bond acceptors (Lipinski definition) is 2. The smallest absolute Gasteiger partial charge is 0.211 e. The lowest BCUT2D eigenvalue weighted by atomic mass is 9.83. The molecule has 1 aromatic rings. The number of nitrogens with one attached hydrogen (secondary N) is 1. The Balaban J connectivity index is 2.00. The van der Waals surface area contributed by atoms with Gasteiger partial charge in [-0.2, -0.15) is 0 Å². The highest BCUT2D eigenvalue weighted by Gasteiger charge is 2.20. The van der Waals surface area contributed by atoms with Gasteiger partial charge in [0, 0.05) is 11.0 Å². The van der Waals surface area contributed by atoms with E-state index in [1.54, 1.807) is 6.07 Å². The van der Waals surface area contributed by atoms with Gasteiger partial charge in [0.1, 0.15) is 0 Å². The first kappa shape index (κ1) is 14.0. The Morgan fingerprint density at radius 1 is 1.39 bits per heavy atom. The summed E-state index contributed by atoms with van der Waals surface area (Å²) in [5.74, 6) is 0.717. The van der Waals surface area contributed by atoms with Crippen LogP contribution in [0.5, 0.6) is 0 Å². The normalized spacial score (nSPS) is 16.6.